The number of nitrogens with zero attached hydrogens (tertiary/aromatic N) is 2. The van der Waals surface area contributed by atoms with E-state index in [4.69, 9.17) is 16.7 Å². The Kier molecular flexibility index (Phi) is 3.40. The second kappa shape index (κ2) is 5.01. The number of halogens is 4. The fourth-order valence-electron chi connectivity index (χ4n) is 2.73. The predicted molar refractivity (Wildman–Crippen MR) is 72.6 cm³/mol. The Morgan fingerprint density at radius 1 is 1.32 bits per heavy atom. The number of aromatic nitrogens is 2. The van der Waals surface area contributed by atoms with E-state index in [1.165, 1.54) is 12.1 Å². The van der Waals surface area contributed by atoms with Gasteiger partial charge in [-0.3, -0.25) is 0 Å². The van der Waals surface area contributed by atoms with Crippen LogP contribution < -0.4 is 0 Å². The second-order valence-corrected chi connectivity index (χ2v) is 5.44. The molecular formula is C14H10ClF3N2O2. The summed E-state index contributed by atoms with van der Waals surface area (Å²) < 4.78 is 40.7. The van der Waals surface area contributed by atoms with Gasteiger partial charge in [0.05, 0.1) is 11.3 Å². The van der Waals surface area contributed by atoms with Crippen molar-refractivity contribution in [2.24, 2.45) is 0 Å². The molecule has 0 amide bonds. The third-order valence-electron chi connectivity index (χ3n) is 3.62. The molecule has 0 saturated heterocycles. The van der Waals surface area contributed by atoms with Gasteiger partial charge in [0.15, 0.2) is 5.69 Å². The number of alkyl halides is 3. The number of carbonyl (C=O) groups is 1. The minimum atomic E-state index is -4.61. The molecule has 1 N–H and O–H groups in total. The first-order chi connectivity index (χ1) is 10.3. The van der Waals surface area contributed by atoms with Gasteiger partial charge in [-0.05, 0) is 37.5 Å². The van der Waals surface area contributed by atoms with Crippen molar-refractivity contribution in [3.05, 3.63) is 45.7 Å². The molecule has 3 rings (SSSR count). The Bertz CT molecular complexity index is 768. The smallest absolute Gasteiger partial charge is 0.418 e. The summed E-state index contributed by atoms with van der Waals surface area (Å²) >= 11 is 5.66. The molecule has 1 aliphatic rings. The monoisotopic (exact) mass is 330 g/mol. The average Bonchev–Trinajstić information content (AvgIpc) is 2.99. The molecule has 1 heterocycles. The summed E-state index contributed by atoms with van der Waals surface area (Å²) in [6.45, 7) is 0. The van der Waals surface area contributed by atoms with E-state index in [1.54, 1.807) is 0 Å². The van der Waals surface area contributed by atoms with E-state index in [2.05, 4.69) is 5.10 Å². The summed E-state index contributed by atoms with van der Waals surface area (Å²) in [4.78, 5) is 11.2. The lowest BCUT2D eigenvalue weighted by molar-refractivity contribution is -0.137. The van der Waals surface area contributed by atoms with E-state index in [1.807, 2.05) is 0 Å². The van der Waals surface area contributed by atoms with Crippen molar-refractivity contribution in [3.63, 3.8) is 0 Å². The predicted octanol–water partition coefficient (Wildman–Crippen LogP) is 3.73. The van der Waals surface area contributed by atoms with Crippen molar-refractivity contribution in [3.8, 4) is 5.69 Å². The zero-order valence-electron chi connectivity index (χ0n) is 11.1. The molecule has 1 aromatic heterocycles. The van der Waals surface area contributed by atoms with Gasteiger partial charge in [0.1, 0.15) is 0 Å². The van der Waals surface area contributed by atoms with Crippen LogP contribution in [0.15, 0.2) is 18.2 Å². The quantitative estimate of drug-likeness (QED) is 0.912. The van der Waals surface area contributed by atoms with Crippen molar-refractivity contribution in [2.45, 2.75) is 25.4 Å². The largest absolute Gasteiger partial charge is 0.476 e. The molecule has 0 saturated carbocycles. The van der Waals surface area contributed by atoms with Crippen LogP contribution in [0.2, 0.25) is 5.02 Å². The molecule has 4 nitrogen and oxygen atoms in total. The molecule has 0 bridgehead atoms. The van der Waals surface area contributed by atoms with Crippen LogP contribution in [0.3, 0.4) is 0 Å². The molecule has 2 aromatic rings. The lowest BCUT2D eigenvalue weighted by Crippen LogP contribution is -2.13. The molecule has 1 aliphatic carbocycles. The second-order valence-electron chi connectivity index (χ2n) is 5.00. The highest BCUT2D eigenvalue weighted by Gasteiger charge is 2.36. The summed E-state index contributed by atoms with van der Waals surface area (Å²) in [6, 6.07) is 3.36. The molecule has 0 aliphatic heterocycles. The van der Waals surface area contributed by atoms with E-state index in [9.17, 15) is 18.0 Å². The number of hydrogen-bond donors (Lipinski definition) is 1. The standard InChI is InChI=1S/C14H10ClF3N2O2/c15-7-4-5-11(9(6-7)14(16,17)18)20-10-3-1-2-8(10)12(19-20)13(21)22/h4-6H,1-3H2,(H,21,22). The van der Waals surface area contributed by atoms with E-state index in [0.29, 0.717) is 30.5 Å². The molecular weight excluding hydrogens is 321 g/mol. The van der Waals surface area contributed by atoms with Crippen LogP contribution in [0.1, 0.15) is 33.7 Å². The third-order valence-corrected chi connectivity index (χ3v) is 3.86. The molecule has 1 aromatic carbocycles. The van der Waals surface area contributed by atoms with Crippen LogP contribution in [0.5, 0.6) is 0 Å². The molecule has 0 radical (unpaired) electrons. The van der Waals surface area contributed by atoms with Crippen molar-refractivity contribution >= 4 is 17.6 Å². The minimum Gasteiger partial charge on any atom is -0.476 e. The highest BCUT2D eigenvalue weighted by atomic mass is 35.5. The van der Waals surface area contributed by atoms with E-state index < -0.39 is 17.7 Å². The van der Waals surface area contributed by atoms with Gasteiger partial charge in [-0.15, -0.1) is 0 Å². The lowest BCUT2D eigenvalue weighted by atomic mass is 10.1. The first kappa shape index (κ1) is 14.9. The number of rotatable bonds is 2. The van der Waals surface area contributed by atoms with Gasteiger partial charge in [0.2, 0.25) is 0 Å². The molecule has 0 atom stereocenters. The maximum Gasteiger partial charge on any atom is 0.418 e. The van der Waals surface area contributed by atoms with Gasteiger partial charge in [-0.25, -0.2) is 9.48 Å². The number of fused-ring (bicyclic) bond motifs is 1. The fourth-order valence-corrected chi connectivity index (χ4v) is 2.90. The van der Waals surface area contributed by atoms with Crippen LogP contribution in [0.25, 0.3) is 5.69 Å². The van der Waals surface area contributed by atoms with Crippen LogP contribution in [0, 0.1) is 0 Å². The minimum absolute atomic E-state index is 0.0432. The third kappa shape index (κ3) is 2.35. The zero-order chi connectivity index (χ0) is 16.1. The maximum absolute atomic E-state index is 13.2. The molecule has 0 fully saturated rings. The number of benzene rings is 1. The van der Waals surface area contributed by atoms with Crippen molar-refractivity contribution in [2.75, 3.05) is 0 Å². The number of carboxylic acid groups (broad SMARTS) is 1. The van der Waals surface area contributed by atoms with Crippen molar-refractivity contribution in [1.82, 2.24) is 9.78 Å². The Balaban J connectivity index is 2.25. The summed E-state index contributed by atoms with van der Waals surface area (Å²) in [6.07, 6.45) is -2.91. The topological polar surface area (TPSA) is 55.1 Å². The number of carboxylic acids is 1. The van der Waals surface area contributed by atoms with Gasteiger partial charge in [-0.1, -0.05) is 11.6 Å². The number of aromatic carboxylic acids is 1. The summed E-state index contributed by atoms with van der Waals surface area (Å²) in [5.74, 6) is -1.24. The SMILES string of the molecule is O=C(O)c1nn(-c2ccc(Cl)cc2C(F)(F)F)c2c1CCC2. The van der Waals surface area contributed by atoms with Crippen LogP contribution in [0.4, 0.5) is 13.2 Å². The molecule has 116 valence electrons. The highest BCUT2D eigenvalue weighted by molar-refractivity contribution is 6.30. The van der Waals surface area contributed by atoms with Crippen LogP contribution in [-0.4, -0.2) is 20.9 Å². The molecule has 8 heteroatoms. The normalized spacial score (nSPS) is 14.2. The first-order valence-electron chi connectivity index (χ1n) is 6.50. The van der Waals surface area contributed by atoms with Gasteiger partial charge in [0.25, 0.3) is 0 Å². The van der Waals surface area contributed by atoms with Gasteiger partial charge >= 0.3 is 12.1 Å². The van der Waals surface area contributed by atoms with E-state index >= 15 is 0 Å². The Morgan fingerprint density at radius 2 is 2.05 bits per heavy atom. The van der Waals surface area contributed by atoms with E-state index in [0.717, 1.165) is 10.7 Å². The van der Waals surface area contributed by atoms with Gasteiger partial charge < -0.3 is 5.11 Å². The summed E-state index contributed by atoms with van der Waals surface area (Å²) in [5.41, 5.74) is -0.298. The fraction of sp³-hybridized carbons (Fsp3) is 0.286. The van der Waals surface area contributed by atoms with Crippen molar-refractivity contribution in [1.29, 1.82) is 0 Å². The Hall–Kier alpha value is -2.02. The van der Waals surface area contributed by atoms with Gasteiger partial charge in [0, 0.05) is 16.3 Å². The van der Waals surface area contributed by atoms with Crippen molar-refractivity contribution < 1.29 is 23.1 Å². The Labute approximate surface area is 128 Å². The zero-order valence-corrected chi connectivity index (χ0v) is 11.9. The summed E-state index contributed by atoms with van der Waals surface area (Å²) in [5, 5.41) is 13.0. The average molecular weight is 331 g/mol. The Morgan fingerprint density at radius 3 is 2.68 bits per heavy atom. The lowest BCUT2D eigenvalue weighted by Gasteiger charge is -2.14. The van der Waals surface area contributed by atoms with Gasteiger partial charge in [-0.2, -0.15) is 18.3 Å². The van der Waals surface area contributed by atoms with Crippen LogP contribution >= 0.6 is 11.6 Å². The molecule has 0 unspecified atom stereocenters. The highest BCUT2D eigenvalue weighted by Crippen LogP contribution is 2.37. The summed E-state index contributed by atoms with van der Waals surface area (Å²) in [7, 11) is 0. The first-order valence-corrected chi connectivity index (χ1v) is 6.88. The molecule has 0 spiro atoms. The number of hydrogen-bond acceptors (Lipinski definition) is 2. The van der Waals surface area contributed by atoms with Crippen LogP contribution in [-0.2, 0) is 19.0 Å². The maximum atomic E-state index is 13.2. The molecule has 22 heavy (non-hydrogen) atoms. The van der Waals surface area contributed by atoms with E-state index in [-0.39, 0.29) is 16.4 Å².